The number of hydrogen-bond donors (Lipinski definition) is 0. The van der Waals surface area contributed by atoms with Crippen LogP contribution in [0, 0.1) is 23.2 Å². The number of ether oxygens (including phenoxy) is 1. The van der Waals surface area contributed by atoms with E-state index in [0.717, 1.165) is 30.6 Å². The van der Waals surface area contributed by atoms with Crippen LogP contribution in [0.1, 0.15) is 50.5 Å². The van der Waals surface area contributed by atoms with Crippen molar-refractivity contribution in [3.63, 3.8) is 0 Å². The number of hydrogen-bond acceptors (Lipinski definition) is 4. The number of amides is 2. The highest BCUT2D eigenvalue weighted by molar-refractivity contribution is 8.08. The number of carbonyl (C=O) groups is 2. The second kappa shape index (κ2) is 6.01. The molecule has 0 aromatic heterocycles. The summed E-state index contributed by atoms with van der Waals surface area (Å²) in [6, 6.07) is 10.2. The molecule has 1 aromatic carbocycles. The van der Waals surface area contributed by atoms with Gasteiger partial charge in [-0.2, -0.15) is 0 Å². The zero-order valence-electron chi connectivity index (χ0n) is 16.1. The van der Waals surface area contributed by atoms with E-state index in [4.69, 9.17) is 4.74 Å². The first-order valence-corrected chi connectivity index (χ1v) is 11.7. The van der Waals surface area contributed by atoms with Crippen molar-refractivity contribution in [2.45, 2.75) is 61.5 Å². The van der Waals surface area contributed by atoms with Crippen LogP contribution in [0.3, 0.4) is 0 Å². The predicted molar refractivity (Wildman–Crippen MR) is 108 cm³/mol. The van der Waals surface area contributed by atoms with Crippen LogP contribution in [0.5, 0.6) is 0 Å². The van der Waals surface area contributed by atoms with Crippen molar-refractivity contribution in [3.05, 3.63) is 35.9 Å². The van der Waals surface area contributed by atoms with Crippen LogP contribution in [0.2, 0.25) is 0 Å². The molecule has 2 heterocycles. The SMILES string of the molecule is O=C(CCC12CC3CC(CC1C3)C2)N1C(=O)OCC2S[C@]21Cc1ccccc1. The number of thioether (sulfide) groups is 1. The highest BCUT2D eigenvalue weighted by atomic mass is 32.2. The molecule has 3 unspecified atom stereocenters. The Kier molecular flexibility index (Phi) is 3.73. The van der Waals surface area contributed by atoms with Crippen molar-refractivity contribution in [1.82, 2.24) is 4.90 Å². The van der Waals surface area contributed by atoms with Crippen molar-refractivity contribution in [2.75, 3.05) is 6.61 Å². The predicted octanol–water partition coefficient (Wildman–Crippen LogP) is 4.63. The molecule has 4 atom stereocenters. The van der Waals surface area contributed by atoms with E-state index in [1.165, 1.54) is 42.6 Å². The van der Waals surface area contributed by atoms with Crippen molar-refractivity contribution < 1.29 is 14.3 Å². The topological polar surface area (TPSA) is 46.6 Å². The normalized spacial score (nSPS) is 42.4. The van der Waals surface area contributed by atoms with Gasteiger partial charge in [-0.05, 0) is 67.3 Å². The molecule has 148 valence electrons. The fraction of sp³-hybridized carbons (Fsp3) is 0.652. The molecule has 4 aliphatic carbocycles. The number of nitrogens with zero attached hydrogens (tertiary/aromatic N) is 1. The second-order valence-corrected chi connectivity index (χ2v) is 11.3. The van der Waals surface area contributed by atoms with Crippen LogP contribution in [0.4, 0.5) is 4.79 Å². The van der Waals surface area contributed by atoms with E-state index >= 15 is 0 Å². The van der Waals surface area contributed by atoms with E-state index in [9.17, 15) is 9.59 Å². The molecule has 2 saturated heterocycles. The highest BCUT2D eigenvalue weighted by Gasteiger charge is 2.66. The summed E-state index contributed by atoms with van der Waals surface area (Å²) in [5, 5.41) is 0.214. The summed E-state index contributed by atoms with van der Waals surface area (Å²) in [4.78, 5) is 27.0. The van der Waals surface area contributed by atoms with Crippen LogP contribution in [0.15, 0.2) is 30.3 Å². The molecule has 4 saturated carbocycles. The fourth-order valence-corrected chi connectivity index (χ4v) is 8.56. The Morgan fingerprint density at radius 2 is 1.89 bits per heavy atom. The van der Waals surface area contributed by atoms with Crippen molar-refractivity contribution >= 4 is 23.8 Å². The molecule has 1 aromatic rings. The number of imide groups is 1. The summed E-state index contributed by atoms with van der Waals surface area (Å²) in [5.74, 6) is 2.62. The first kappa shape index (κ1) is 17.4. The van der Waals surface area contributed by atoms with Gasteiger partial charge >= 0.3 is 6.09 Å². The fourth-order valence-electron chi connectivity index (χ4n) is 7.22. The number of cyclic esters (lactones) is 1. The monoisotopic (exact) mass is 397 g/mol. The minimum Gasteiger partial charge on any atom is -0.448 e. The van der Waals surface area contributed by atoms with Crippen molar-refractivity contribution in [1.29, 1.82) is 0 Å². The quantitative estimate of drug-likeness (QED) is 0.680. The van der Waals surface area contributed by atoms with Gasteiger partial charge in [0.1, 0.15) is 11.5 Å². The third-order valence-electron chi connectivity index (χ3n) is 8.26. The molecule has 0 spiro atoms. The maximum absolute atomic E-state index is 13.3. The van der Waals surface area contributed by atoms with Gasteiger partial charge in [0.2, 0.25) is 5.91 Å². The Bertz CT molecular complexity index is 812. The molecule has 6 fully saturated rings. The van der Waals surface area contributed by atoms with Crippen LogP contribution in [-0.2, 0) is 16.0 Å². The lowest BCUT2D eigenvalue weighted by Gasteiger charge is -2.35. The molecule has 28 heavy (non-hydrogen) atoms. The van der Waals surface area contributed by atoms with Gasteiger partial charge < -0.3 is 4.74 Å². The smallest absolute Gasteiger partial charge is 0.417 e. The summed E-state index contributed by atoms with van der Waals surface area (Å²) in [5.41, 5.74) is 1.57. The van der Waals surface area contributed by atoms with Gasteiger partial charge in [-0.25, -0.2) is 9.69 Å². The van der Waals surface area contributed by atoms with Crippen LogP contribution >= 0.6 is 11.8 Å². The highest BCUT2D eigenvalue weighted by Crippen LogP contribution is 2.67. The maximum Gasteiger partial charge on any atom is 0.417 e. The molecule has 2 aliphatic heterocycles. The Hall–Kier alpha value is -1.49. The standard InChI is InChI=1S/C23H27NO3S/c25-20(6-7-22-11-16-8-17(12-22)10-18(22)9-16)24-21(26)27-14-19-23(24,28-19)13-15-4-2-1-3-5-15/h1-5,16-19H,6-14H2/t16?,17?,18?,19?,22?,23-/m1/s1. The van der Waals surface area contributed by atoms with Crippen molar-refractivity contribution in [2.24, 2.45) is 23.2 Å². The molecule has 6 aliphatic rings. The molecule has 2 amide bonds. The van der Waals surface area contributed by atoms with Gasteiger partial charge in [0.25, 0.3) is 0 Å². The van der Waals surface area contributed by atoms with Gasteiger partial charge in [-0.3, -0.25) is 4.79 Å². The van der Waals surface area contributed by atoms with E-state index in [1.54, 1.807) is 11.8 Å². The van der Waals surface area contributed by atoms with Crippen molar-refractivity contribution in [3.8, 4) is 0 Å². The Morgan fingerprint density at radius 3 is 2.64 bits per heavy atom. The minimum absolute atomic E-state index is 0.0174. The number of fused-ring (bicyclic) bond motifs is 1. The van der Waals surface area contributed by atoms with E-state index in [1.807, 2.05) is 18.2 Å². The lowest BCUT2D eigenvalue weighted by Crippen LogP contribution is -2.53. The van der Waals surface area contributed by atoms with Crippen LogP contribution in [0.25, 0.3) is 0 Å². The Balaban J connectivity index is 1.20. The summed E-state index contributed by atoms with van der Waals surface area (Å²) in [7, 11) is 0. The zero-order chi connectivity index (χ0) is 18.9. The van der Waals surface area contributed by atoms with E-state index < -0.39 is 11.0 Å². The molecule has 0 radical (unpaired) electrons. The van der Waals surface area contributed by atoms with E-state index in [-0.39, 0.29) is 11.2 Å². The van der Waals surface area contributed by atoms with Gasteiger partial charge in [0, 0.05) is 12.8 Å². The molecule has 4 bridgehead atoms. The Morgan fingerprint density at radius 1 is 1.14 bits per heavy atom. The largest absolute Gasteiger partial charge is 0.448 e. The number of benzene rings is 1. The van der Waals surface area contributed by atoms with Crippen LogP contribution < -0.4 is 0 Å². The number of rotatable bonds is 5. The van der Waals surface area contributed by atoms with Gasteiger partial charge in [0.05, 0.1) is 5.25 Å². The zero-order valence-corrected chi connectivity index (χ0v) is 17.0. The minimum atomic E-state index is -0.433. The van der Waals surface area contributed by atoms with Gasteiger partial charge in [-0.15, -0.1) is 11.8 Å². The molecule has 4 nitrogen and oxygen atoms in total. The lowest BCUT2D eigenvalue weighted by atomic mass is 9.73. The average Bonchev–Trinajstić information content (AvgIpc) is 3.26. The third-order valence-corrected chi connectivity index (χ3v) is 9.83. The molecular formula is C23H27NO3S. The molecule has 5 heteroatoms. The van der Waals surface area contributed by atoms with Gasteiger partial charge in [0.15, 0.2) is 0 Å². The molecular weight excluding hydrogens is 370 g/mol. The second-order valence-electron chi connectivity index (χ2n) is 9.83. The van der Waals surface area contributed by atoms with Crippen LogP contribution in [-0.4, -0.2) is 33.6 Å². The summed E-state index contributed by atoms with van der Waals surface area (Å²) in [6.07, 6.45) is 8.57. The van der Waals surface area contributed by atoms with E-state index in [0.29, 0.717) is 18.4 Å². The first-order chi connectivity index (χ1) is 13.6. The lowest BCUT2D eigenvalue weighted by molar-refractivity contribution is -0.134. The summed E-state index contributed by atoms with van der Waals surface area (Å²) < 4.78 is 5.35. The molecule has 0 N–H and O–H groups in total. The Labute approximate surface area is 170 Å². The summed E-state index contributed by atoms with van der Waals surface area (Å²) in [6.45, 7) is 0.426. The average molecular weight is 398 g/mol. The summed E-state index contributed by atoms with van der Waals surface area (Å²) >= 11 is 1.72. The first-order valence-electron chi connectivity index (χ1n) is 10.8. The van der Waals surface area contributed by atoms with E-state index in [2.05, 4.69) is 12.1 Å². The number of carbonyl (C=O) groups excluding carboxylic acids is 2. The maximum atomic E-state index is 13.3. The van der Waals surface area contributed by atoms with Gasteiger partial charge in [-0.1, -0.05) is 30.3 Å². The molecule has 7 rings (SSSR count). The third kappa shape index (κ3) is 2.51.